The second-order valence-electron chi connectivity index (χ2n) is 5.60. The molecule has 2 aliphatic rings. The molecule has 2 heterocycles. The lowest BCUT2D eigenvalue weighted by atomic mass is 9.75. The molecule has 4 nitrogen and oxygen atoms in total. The molecule has 2 aliphatic heterocycles. The second kappa shape index (κ2) is 4.62. The van der Waals surface area contributed by atoms with Crippen molar-refractivity contribution in [3.8, 4) is 0 Å². The normalized spacial score (nSPS) is 23.3. The number of rotatable bonds is 2. The molecule has 0 unspecified atom stereocenters. The number of likely N-dealkylation sites (tertiary alicyclic amines) is 1. The van der Waals surface area contributed by atoms with Crippen molar-refractivity contribution in [3.63, 3.8) is 0 Å². The van der Waals surface area contributed by atoms with E-state index in [2.05, 4.69) is 19.2 Å². The van der Waals surface area contributed by atoms with Crippen molar-refractivity contribution >= 4 is 6.09 Å². The van der Waals surface area contributed by atoms with Crippen molar-refractivity contribution in [3.05, 3.63) is 0 Å². The maximum atomic E-state index is 11.8. The molecule has 2 fully saturated rings. The Bertz CT molecular complexity index is 262. The molecule has 0 aromatic carbocycles. The molecule has 0 aromatic heterocycles. The summed E-state index contributed by atoms with van der Waals surface area (Å²) in [6.07, 6.45) is 2.23. The first-order valence-corrected chi connectivity index (χ1v) is 6.24. The smallest absolute Gasteiger partial charge is 0.409 e. The average Bonchev–Trinajstić information content (AvgIpc) is 2.24. The van der Waals surface area contributed by atoms with E-state index in [1.54, 1.807) is 0 Å². The monoisotopic (exact) mass is 226 g/mol. The van der Waals surface area contributed by atoms with Gasteiger partial charge in [0.2, 0.25) is 0 Å². The third kappa shape index (κ3) is 2.48. The largest absolute Gasteiger partial charge is 0.449 e. The van der Waals surface area contributed by atoms with Gasteiger partial charge in [0.05, 0.1) is 6.61 Å². The number of hydrogen-bond acceptors (Lipinski definition) is 3. The third-order valence-electron chi connectivity index (χ3n) is 3.46. The summed E-state index contributed by atoms with van der Waals surface area (Å²) in [6.45, 7) is 8.49. The van der Waals surface area contributed by atoms with E-state index in [4.69, 9.17) is 4.74 Å². The maximum Gasteiger partial charge on any atom is 0.409 e. The van der Waals surface area contributed by atoms with Crippen LogP contribution in [0.3, 0.4) is 0 Å². The zero-order chi connectivity index (χ0) is 11.6. The number of carbonyl (C=O) groups excluding carboxylic acids is 1. The van der Waals surface area contributed by atoms with Crippen molar-refractivity contribution < 1.29 is 9.53 Å². The van der Waals surface area contributed by atoms with Crippen LogP contribution in [0.15, 0.2) is 0 Å². The van der Waals surface area contributed by atoms with Gasteiger partial charge in [0.25, 0.3) is 0 Å². The van der Waals surface area contributed by atoms with Gasteiger partial charge in [0.15, 0.2) is 0 Å². The molecule has 16 heavy (non-hydrogen) atoms. The van der Waals surface area contributed by atoms with Gasteiger partial charge in [0, 0.05) is 31.6 Å². The Morgan fingerprint density at radius 3 is 2.81 bits per heavy atom. The predicted octanol–water partition coefficient (Wildman–Crippen LogP) is 1.46. The number of carbonyl (C=O) groups is 1. The molecular formula is C12H22N2O2. The van der Waals surface area contributed by atoms with Gasteiger partial charge in [-0.3, -0.25) is 0 Å². The molecular weight excluding hydrogens is 204 g/mol. The van der Waals surface area contributed by atoms with Crippen LogP contribution < -0.4 is 5.32 Å². The van der Waals surface area contributed by atoms with Gasteiger partial charge in [-0.1, -0.05) is 13.8 Å². The molecule has 1 amide bonds. The first kappa shape index (κ1) is 11.7. The molecule has 0 atom stereocenters. The topological polar surface area (TPSA) is 41.6 Å². The quantitative estimate of drug-likeness (QED) is 0.775. The fourth-order valence-electron chi connectivity index (χ4n) is 2.46. The molecule has 4 heteroatoms. The summed E-state index contributed by atoms with van der Waals surface area (Å²) >= 11 is 0. The second-order valence-corrected chi connectivity index (χ2v) is 5.60. The maximum absolute atomic E-state index is 11.8. The zero-order valence-electron chi connectivity index (χ0n) is 10.3. The lowest BCUT2D eigenvalue weighted by Crippen LogP contribution is -2.61. The molecule has 1 spiro atoms. The minimum Gasteiger partial charge on any atom is -0.449 e. The molecule has 92 valence electrons. The van der Waals surface area contributed by atoms with Gasteiger partial charge in [-0.05, 0) is 18.8 Å². The molecule has 0 aromatic rings. The zero-order valence-corrected chi connectivity index (χ0v) is 10.3. The average molecular weight is 226 g/mol. The summed E-state index contributed by atoms with van der Waals surface area (Å²) in [7, 11) is 0. The first-order valence-electron chi connectivity index (χ1n) is 6.24. The molecule has 2 rings (SSSR count). The van der Waals surface area contributed by atoms with Crippen LogP contribution in [-0.2, 0) is 4.74 Å². The van der Waals surface area contributed by atoms with Crippen LogP contribution in [0, 0.1) is 11.3 Å². The van der Waals surface area contributed by atoms with E-state index in [9.17, 15) is 4.79 Å². The van der Waals surface area contributed by atoms with Gasteiger partial charge in [0.1, 0.15) is 0 Å². The molecule has 0 aliphatic carbocycles. The van der Waals surface area contributed by atoms with Crippen LogP contribution >= 0.6 is 0 Å². The lowest BCUT2D eigenvalue weighted by Gasteiger charge is -2.48. The van der Waals surface area contributed by atoms with E-state index in [0.717, 1.165) is 32.6 Å². The summed E-state index contributed by atoms with van der Waals surface area (Å²) < 4.78 is 5.27. The summed E-state index contributed by atoms with van der Waals surface area (Å²) in [6, 6.07) is 0. The highest BCUT2D eigenvalue weighted by Crippen LogP contribution is 2.33. The third-order valence-corrected chi connectivity index (χ3v) is 3.46. The lowest BCUT2D eigenvalue weighted by molar-refractivity contribution is 0.0258. The van der Waals surface area contributed by atoms with Gasteiger partial charge in [-0.2, -0.15) is 0 Å². The van der Waals surface area contributed by atoms with Crippen LogP contribution in [-0.4, -0.2) is 43.8 Å². The number of ether oxygens (including phenoxy) is 1. The van der Waals surface area contributed by atoms with E-state index in [0.29, 0.717) is 17.9 Å². The number of nitrogens with one attached hydrogen (secondary N) is 1. The Kier molecular flexibility index (Phi) is 3.38. The Hall–Kier alpha value is -0.770. The van der Waals surface area contributed by atoms with Crippen molar-refractivity contribution in [2.75, 3.05) is 32.8 Å². The highest BCUT2D eigenvalue weighted by Gasteiger charge is 2.42. The van der Waals surface area contributed by atoms with Crippen LogP contribution in [0.4, 0.5) is 4.79 Å². The SMILES string of the molecule is CC(C)COC(=O)N1CCCC2(CNC2)C1. The molecule has 0 radical (unpaired) electrons. The Morgan fingerprint density at radius 1 is 1.50 bits per heavy atom. The molecule has 0 saturated carbocycles. The number of piperidine rings is 1. The van der Waals surface area contributed by atoms with E-state index in [1.165, 1.54) is 6.42 Å². The fourth-order valence-corrected chi connectivity index (χ4v) is 2.46. The Morgan fingerprint density at radius 2 is 2.25 bits per heavy atom. The van der Waals surface area contributed by atoms with E-state index in [-0.39, 0.29) is 6.09 Å². The van der Waals surface area contributed by atoms with Crippen molar-refractivity contribution in [2.24, 2.45) is 11.3 Å². The number of amides is 1. The molecule has 0 bridgehead atoms. The summed E-state index contributed by atoms with van der Waals surface area (Å²) in [5.41, 5.74) is 0.356. The number of nitrogens with zero attached hydrogens (tertiary/aromatic N) is 1. The summed E-state index contributed by atoms with van der Waals surface area (Å²) in [5, 5.41) is 3.30. The van der Waals surface area contributed by atoms with Gasteiger partial charge < -0.3 is 15.0 Å². The van der Waals surface area contributed by atoms with Crippen LogP contribution in [0.2, 0.25) is 0 Å². The standard InChI is InChI=1S/C12H22N2O2/c1-10(2)6-16-11(15)14-5-3-4-12(9-14)7-13-8-12/h10,13H,3-9H2,1-2H3. The van der Waals surface area contributed by atoms with Gasteiger partial charge in [-0.25, -0.2) is 4.79 Å². The highest BCUT2D eigenvalue weighted by molar-refractivity contribution is 5.67. The van der Waals surface area contributed by atoms with Crippen LogP contribution in [0.5, 0.6) is 0 Å². The minimum atomic E-state index is -0.125. The van der Waals surface area contributed by atoms with Crippen molar-refractivity contribution in [1.82, 2.24) is 10.2 Å². The van der Waals surface area contributed by atoms with Crippen molar-refractivity contribution in [2.45, 2.75) is 26.7 Å². The molecule has 2 saturated heterocycles. The Labute approximate surface area is 97.3 Å². The predicted molar refractivity (Wildman–Crippen MR) is 62.3 cm³/mol. The summed E-state index contributed by atoms with van der Waals surface area (Å²) in [5.74, 6) is 0.410. The van der Waals surface area contributed by atoms with Gasteiger partial charge >= 0.3 is 6.09 Å². The Balaban J connectivity index is 1.82. The van der Waals surface area contributed by atoms with Crippen LogP contribution in [0.1, 0.15) is 26.7 Å². The van der Waals surface area contributed by atoms with Gasteiger partial charge in [-0.15, -0.1) is 0 Å². The molecule has 1 N–H and O–H groups in total. The van der Waals surface area contributed by atoms with E-state index < -0.39 is 0 Å². The van der Waals surface area contributed by atoms with E-state index >= 15 is 0 Å². The van der Waals surface area contributed by atoms with Crippen LogP contribution in [0.25, 0.3) is 0 Å². The number of hydrogen-bond donors (Lipinski definition) is 1. The minimum absolute atomic E-state index is 0.125. The summed E-state index contributed by atoms with van der Waals surface area (Å²) in [4.78, 5) is 13.7. The fraction of sp³-hybridized carbons (Fsp3) is 0.917. The first-order chi connectivity index (χ1) is 7.61. The highest BCUT2D eigenvalue weighted by atomic mass is 16.6. The van der Waals surface area contributed by atoms with E-state index in [1.807, 2.05) is 4.90 Å². The van der Waals surface area contributed by atoms with Crippen molar-refractivity contribution in [1.29, 1.82) is 0 Å².